The van der Waals surface area contributed by atoms with E-state index in [1.54, 1.807) is 12.1 Å². The standard InChI is InChI=1S/C11H11BrO4S/c1-6(11(14)15-3)10(16-7(2)13)8-4-5-9(12)17-8/h4-5,10H,1H2,2-3H3. The van der Waals surface area contributed by atoms with Gasteiger partial charge in [0.15, 0.2) is 6.10 Å². The summed E-state index contributed by atoms with van der Waals surface area (Å²) in [4.78, 5) is 23.1. The van der Waals surface area contributed by atoms with E-state index >= 15 is 0 Å². The number of carbonyl (C=O) groups excluding carboxylic acids is 2. The zero-order chi connectivity index (χ0) is 13.0. The molecule has 1 aromatic heterocycles. The van der Waals surface area contributed by atoms with E-state index in [9.17, 15) is 9.59 Å². The van der Waals surface area contributed by atoms with Crippen molar-refractivity contribution >= 4 is 39.2 Å². The van der Waals surface area contributed by atoms with Crippen molar-refractivity contribution < 1.29 is 19.1 Å². The van der Waals surface area contributed by atoms with Crippen molar-refractivity contribution in [3.05, 3.63) is 32.9 Å². The van der Waals surface area contributed by atoms with Crippen molar-refractivity contribution in [2.45, 2.75) is 13.0 Å². The van der Waals surface area contributed by atoms with Gasteiger partial charge in [0.1, 0.15) is 0 Å². The fourth-order valence-electron chi connectivity index (χ4n) is 1.17. The fourth-order valence-corrected chi connectivity index (χ4v) is 2.66. The molecule has 0 aliphatic heterocycles. The summed E-state index contributed by atoms with van der Waals surface area (Å²) in [5, 5.41) is 0. The summed E-state index contributed by atoms with van der Waals surface area (Å²) >= 11 is 4.67. The van der Waals surface area contributed by atoms with E-state index < -0.39 is 18.0 Å². The van der Waals surface area contributed by atoms with E-state index in [2.05, 4.69) is 27.2 Å². The van der Waals surface area contributed by atoms with Crippen LogP contribution in [-0.4, -0.2) is 19.0 Å². The molecule has 1 atom stereocenters. The molecule has 0 N–H and O–H groups in total. The summed E-state index contributed by atoms with van der Waals surface area (Å²) in [6.45, 7) is 4.88. The Labute approximate surface area is 111 Å². The Morgan fingerprint density at radius 1 is 1.47 bits per heavy atom. The van der Waals surface area contributed by atoms with Gasteiger partial charge >= 0.3 is 11.9 Å². The number of ether oxygens (including phenoxy) is 2. The summed E-state index contributed by atoms with van der Waals surface area (Å²) in [6.07, 6.45) is -0.795. The Morgan fingerprint density at radius 2 is 2.12 bits per heavy atom. The predicted molar refractivity (Wildman–Crippen MR) is 67.7 cm³/mol. The van der Waals surface area contributed by atoms with Gasteiger partial charge in [-0.3, -0.25) is 4.79 Å². The normalized spacial score (nSPS) is 11.7. The van der Waals surface area contributed by atoms with E-state index in [-0.39, 0.29) is 5.57 Å². The van der Waals surface area contributed by atoms with Gasteiger partial charge in [0.2, 0.25) is 0 Å². The number of carbonyl (C=O) groups is 2. The topological polar surface area (TPSA) is 52.6 Å². The maximum absolute atomic E-state index is 11.4. The van der Waals surface area contributed by atoms with Crippen LogP contribution in [0.5, 0.6) is 0 Å². The Balaban J connectivity index is 2.99. The molecule has 0 saturated heterocycles. The van der Waals surface area contributed by atoms with Crippen molar-refractivity contribution in [2.24, 2.45) is 0 Å². The average Bonchev–Trinajstić information content (AvgIpc) is 2.70. The molecule has 0 fully saturated rings. The molecule has 0 spiro atoms. The summed E-state index contributed by atoms with van der Waals surface area (Å²) < 4.78 is 10.5. The van der Waals surface area contributed by atoms with Gasteiger partial charge in [-0.25, -0.2) is 4.79 Å². The molecule has 1 heterocycles. The lowest BCUT2D eigenvalue weighted by atomic mass is 10.1. The van der Waals surface area contributed by atoms with Gasteiger partial charge in [0, 0.05) is 6.92 Å². The summed E-state index contributed by atoms with van der Waals surface area (Å²) in [7, 11) is 1.25. The second-order valence-corrected chi connectivity index (χ2v) is 5.64. The van der Waals surface area contributed by atoms with Crippen LogP contribution in [0.1, 0.15) is 17.9 Å². The van der Waals surface area contributed by atoms with Crippen molar-refractivity contribution in [1.29, 1.82) is 0 Å². The minimum absolute atomic E-state index is 0.0945. The van der Waals surface area contributed by atoms with Crippen LogP contribution in [0.25, 0.3) is 0 Å². The molecule has 1 unspecified atom stereocenters. The van der Waals surface area contributed by atoms with Crippen molar-refractivity contribution in [3.63, 3.8) is 0 Å². The Bertz CT molecular complexity index is 452. The fraction of sp³-hybridized carbons (Fsp3) is 0.273. The van der Waals surface area contributed by atoms with Gasteiger partial charge in [0.25, 0.3) is 0 Å². The highest BCUT2D eigenvalue weighted by Crippen LogP contribution is 2.33. The zero-order valence-electron chi connectivity index (χ0n) is 9.36. The molecule has 0 bridgehead atoms. The zero-order valence-corrected chi connectivity index (χ0v) is 11.8. The summed E-state index contributed by atoms with van der Waals surface area (Å²) in [6, 6.07) is 3.57. The monoisotopic (exact) mass is 318 g/mol. The third-order valence-corrected chi connectivity index (χ3v) is 3.57. The molecule has 0 aliphatic rings. The molecule has 6 heteroatoms. The maximum atomic E-state index is 11.4. The highest BCUT2D eigenvalue weighted by atomic mass is 79.9. The maximum Gasteiger partial charge on any atom is 0.337 e. The van der Waals surface area contributed by atoms with Crippen LogP contribution in [0.15, 0.2) is 28.1 Å². The van der Waals surface area contributed by atoms with Crippen LogP contribution in [-0.2, 0) is 19.1 Å². The van der Waals surface area contributed by atoms with Gasteiger partial charge in [-0.1, -0.05) is 6.58 Å². The van der Waals surface area contributed by atoms with E-state index in [1.807, 2.05) is 0 Å². The van der Waals surface area contributed by atoms with Gasteiger partial charge in [-0.15, -0.1) is 11.3 Å². The van der Waals surface area contributed by atoms with E-state index in [0.717, 1.165) is 3.79 Å². The lowest BCUT2D eigenvalue weighted by Gasteiger charge is -2.16. The number of hydrogen-bond acceptors (Lipinski definition) is 5. The molecule has 1 aromatic rings. The van der Waals surface area contributed by atoms with Crippen LogP contribution in [0, 0.1) is 0 Å². The number of halogens is 1. The molecule has 4 nitrogen and oxygen atoms in total. The van der Waals surface area contributed by atoms with Crippen molar-refractivity contribution in [3.8, 4) is 0 Å². The SMILES string of the molecule is C=C(C(=O)OC)C(OC(C)=O)c1ccc(Br)s1. The van der Waals surface area contributed by atoms with E-state index in [1.165, 1.54) is 25.4 Å². The quantitative estimate of drug-likeness (QED) is 0.632. The van der Waals surface area contributed by atoms with E-state index in [0.29, 0.717) is 4.88 Å². The lowest BCUT2D eigenvalue weighted by molar-refractivity contribution is -0.147. The van der Waals surface area contributed by atoms with Crippen LogP contribution < -0.4 is 0 Å². The molecular weight excluding hydrogens is 308 g/mol. The second-order valence-electron chi connectivity index (χ2n) is 3.15. The lowest BCUT2D eigenvalue weighted by Crippen LogP contribution is -2.16. The summed E-state index contributed by atoms with van der Waals surface area (Å²) in [5.74, 6) is -1.08. The van der Waals surface area contributed by atoms with Gasteiger partial charge in [0.05, 0.1) is 21.3 Å². The first-order valence-electron chi connectivity index (χ1n) is 4.65. The smallest absolute Gasteiger partial charge is 0.337 e. The third kappa shape index (κ3) is 3.67. The molecule has 0 radical (unpaired) electrons. The Morgan fingerprint density at radius 3 is 2.53 bits per heavy atom. The number of rotatable bonds is 4. The molecule has 0 aliphatic carbocycles. The molecule has 0 saturated carbocycles. The number of methoxy groups -OCH3 is 1. The highest BCUT2D eigenvalue weighted by Gasteiger charge is 2.25. The summed E-state index contributed by atoms with van der Waals surface area (Å²) in [5.41, 5.74) is 0.0945. The molecule has 0 amide bonds. The third-order valence-electron chi connectivity index (χ3n) is 1.90. The first kappa shape index (κ1) is 13.9. The van der Waals surface area contributed by atoms with Gasteiger partial charge in [-0.2, -0.15) is 0 Å². The minimum Gasteiger partial charge on any atom is -0.466 e. The minimum atomic E-state index is -0.795. The van der Waals surface area contributed by atoms with Crippen LogP contribution in [0.4, 0.5) is 0 Å². The van der Waals surface area contributed by atoms with Crippen molar-refractivity contribution in [2.75, 3.05) is 7.11 Å². The highest BCUT2D eigenvalue weighted by molar-refractivity contribution is 9.11. The Hall–Kier alpha value is -1.14. The number of hydrogen-bond donors (Lipinski definition) is 0. The van der Waals surface area contributed by atoms with Gasteiger partial charge in [-0.05, 0) is 28.1 Å². The number of thiophene rings is 1. The molecule has 17 heavy (non-hydrogen) atoms. The first-order chi connectivity index (χ1) is 7.95. The van der Waals surface area contributed by atoms with E-state index in [4.69, 9.17) is 4.74 Å². The molecule has 1 rings (SSSR count). The average molecular weight is 319 g/mol. The molecular formula is C11H11BrO4S. The largest absolute Gasteiger partial charge is 0.466 e. The van der Waals surface area contributed by atoms with Crippen LogP contribution in [0.2, 0.25) is 0 Å². The first-order valence-corrected chi connectivity index (χ1v) is 6.26. The predicted octanol–water partition coefficient (Wildman–Crippen LogP) is 2.84. The second kappa shape index (κ2) is 5.97. The van der Waals surface area contributed by atoms with Crippen LogP contribution in [0.3, 0.4) is 0 Å². The van der Waals surface area contributed by atoms with Gasteiger partial charge < -0.3 is 9.47 Å². The Kier molecular flexibility index (Phi) is 4.89. The molecule has 92 valence electrons. The molecule has 0 aromatic carbocycles. The van der Waals surface area contributed by atoms with Crippen LogP contribution >= 0.6 is 27.3 Å². The number of esters is 2. The van der Waals surface area contributed by atoms with Crippen molar-refractivity contribution in [1.82, 2.24) is 0 Å².